The van der Waals surface area contributed by atoms with Crippen molar-refractivity contribution in [3.05, 3.63) is 34.9 Å². The number of hydrogen-bond acceptors (Lipinski definition) is 11. The van der Waals surface area contributed by atoms with Crippen molar-refractivity contribution < 1.29 is 48.6 Å². The van der Waals surface area contributed by atoms with Crippen molar-refractivity contribution in [1.82, 2.24) is 4.90 Å². The Morgan fingerprint density at radius 1 is 0.898 bits per heavy atom. The molecule has 3 heterocycles. The molecule has 0 radical (unpaired) electrons. The zero-order valence-corrected chi connectivity index (χ0v) is 38.2. The third kappa shape index (κ3) is 13.8. The summed E-state index contributed by atoms with van der Waals surface area (Å²) in [6.07, 6.45) is 11.8. The van der Waals surface area contributed by atoms with Crippen molar-refractivity contribution in [2.45, 2.75) is 193 Å². The van der Waals surface area contributed by atoms with Gasteiger partial charge in [0.15, 0.2) is 11.6 Å². The number of nitrogens with zero attached hydrogens (tertiary/aromatic N) is 1. The highest BCUT2D eigenvalue weighted by atomic mass is 16.7. The maximum Gasteiger partial charge on any atom is 0.323 e. The molecule has 2 bridgehead atoms. The second kappa shape index (κ2) is 23.5. The van der Waals surface area contributed by atoms with Gasteiger partial charge in [0.1, 0.15) is 18.2 Å². The summed E-state index contributed by atoms with van der Waals surface area (Å²) in [6.45, 7) is 15.5. The molecular weight excluding hydrogens is 751 g/mol. The number of hydrogen-bond donors (Lipinski definition) is 3. The Hall–Kier alpha value is -1.96. The molecule has 3 aliphatic heterocycles. The van der Waals surface area contributed by atoms with Crippen LogP contribution in [0.25, 0.3) is 0 Å². The van der Waals surface area contributed by atoms with Gasteiger partial charge in [-0.05, 0) is 114 Å². The van der Waals surface area contributed by atoms with E-state index in [0.29, 0.717) is 63.6 Å². The Bertz CT molecular complexity index is 1430. The van der Waals surface area contributed by atoms with Crippen molar-refractivity contribution in [1.29, 1.82) is 0 Å². The van der Waals surface area contributed by atoms with E-state index in [0.717, 1.165) is 44.1 Å². The number of Topliss-reactive ketones (excluding diaryl/α,β-unsaturated/α-hetero) is 1. The maximum atomic E-state index is 14.4. The second-order valence-corrected chi connectivity index (χ2v) is 18.9. The van der Waals surface area contributed by atoms with Gasteiger partial charge in [-0.2, -0.15) is 0 Å². The van der Waals surface area contributed by atoms with Crippen molar-refractivity contribution in [3.63, 3.8) is 0 Å². The van der Waals surface area contributed by atoms with Crippen LogP contribution in [-0.4, -0.2) is 121 Å². The Kier molecular flexibility index (Phi) is 19.8. The number of fused-ring (bicyclic) bond motifs is 3. The average Bonchev–Trinajstić information content (AvgIpc) is 3.20. The number of piperidine rings is 1. The van der Waals surface area contributed by atoms with Crippen molar-refractivity contribution >= 4 is 11.8 Å². The second-order valence-electron chi connectivity index (χ2n) is 18.9. The number of aliphatic hydroxyl groups excluding tert-OH is 2. The van der Waals surface area contributed by atoms with E-state index in [2.05, 4.69) is 50.8 Å². The summed E-state index contributed by atoms with van der Waals surface area (Å²) in [6, 6.07) is -0.534. The van der Waals surface area contributed by atoms with Crippen molar-refractivity contribution in [2.75, 3.05) is 34.4 Å². The minimum Gasteiger partial charge on any atom is -0.456 e. The molecule has 0 aromatic rings. The molecule has 1 aliphatic carbocycles. The van der Waals surface area contributed by atoms with Gasteiger partial charge in [0.2, 0.25) is 0 Å². The van der Waals surface area contributed by atoms with Crippen LogP contribution < -0.4 is 0 Å². The summed E-state index contributed by atoms with van der Waals surface area (Å²) in [5.74, 6) is -2.36. The normalized spacial score (nSPS) is 40.6. The van der Waals surface area contributed by atoms with Gasteiger partial charge in [0, 0.05) is 52.6 Å². The fraction of sp³-hybridized carbons (Fsp3) is 0.833. The topological polar surface area (TPSA) is 144 Å². The largest absolute Gasteiger partial charge is 0.456 e. The van der Waals surface area contributed by atoms with Crippen molar-refractivity contribution in [3.8, 4) is 0 Å². The highest BCUT2D eigenvalue weighted by Gasteiger charge is 2.49. The number of ketones is 1. The third-order valence-corrected chi connectivity index (χ3v) is 14.0. The number of cyclic esters (lactones) is 1. The lowest BCUT2D eigenvalue weighted by molar-refractivity contribution is -0.324. The van der Waals surface area contributed by atoms with E-state index in [9.17, 15) is 24.9 Å². The molecular formula is C48H81NO10. The first-order valence-electron chi connectivity index (χ1n) is 22.9. The van der Waals surface area contributed by atoms with Gasteiger partial charge in [-0.1, -0.05) is 71.3 Å². The number of esters is 1. The van der Waals surface area contributed by atoms with E-state index in [1.807, 2.05) is 20.8 Å². The van der Waals surface area contributed by atoms with Gasteiger partial charge in [0.05, 0.1) is 30.5 Å². The van der Waals surface area contributed by atoms with Crippen LogP contribution >= 0.6 is 0 Å². The van der Waals surface area contributed by atoms with Crippen LogP contribution in [0.15, 0.2) is 34.9 Å². The number of carbonyl (C=O) groups is 2. The highest BCUT2D eigenvalue weighted by molar-refractivity contribution is 5.96. The van der Waals surface area contributed by atoms with E-state index in [1.54, 1.807) is 21.3 Å². The van der Waals surface area contributed by atoms with Gasteiger partial charge in [-0.25, -0.2) is 0 Å². The quantitative estimate of drug-likeness (QED) is 0.157. The number of ether oxygens (including phenoxy) is 5. The van der Waals surface area contributed by atoms with Gasteiger partial charge >= 0.3 is 5.97 Å². The number of rotatable bonds is 9. The monoisotopic (exact) mass is 832 g/mol. The minimum atomic E-state index is -1.45. The lowest BCUT2D eigenvalue weighted by atomic mass is 9.82. The van der Waals surface area contributed by atoms with Crippen LogP contribution in [-0.2, 0) is 33.3 Å². The molecule has 0 amide bonds. The molecule has 3 fully saturated rings. The zero-order valence-electron chi connectivity index (χ0n) is 38.2. The molecule has 2 saturated heterocycles. The fourth-order valence-electron chi connectivity index (χ4n) is 10.3. The van der Waals surface area contributed by atoms with E-state index >= 15 is 0 Å². The van der Waals surface area contributed by atoms with Crippen LogP contribution in [0.1, 0.15) is 138 Å². The average molecular weight is 832 g/mol. The molecule has 1 saturated carbocycles. The van der Waals surface area contributed by atoms with E-state index < -0.39 is 42.2 Å². The Morgan fingerprint density at radius 2 is 1.59 bits per heavy atom. The summed E-state index contributed by atoms with van der Waals surface area (Å²) < 4.78 is 30.9. The summed E-state index contributed by atoms with van der Waals surface area (Å²) in [5, 5.41) is 34.6. The smallest absolute Gasteiger partial charge is 0.323 e. The van der Waals surface area contributed by atoms with Crippen LogP contribution in [0.4, 0.5) is 0 Å². The SMILES string of the molecule is CCCC(C)=CC/C1=C\C(C)CC(C)CC(OC)C2OC(O)(CCN3CCCCC3C(=O)OC(C(C)=CC3CCC(O)C(OC)C3)C(C)C(O)CC1=O)C(C)CC2OC. The maximum absolute atomic E-state index is 14.4. The molecule has 0 spiro atoms. The summed E-state index contributed by atoms with van der Waals surface area (Å²) in [4.78, 5) is 30.8. The molecule has 0 aromatic carbocycles. The molecule has 14 unspecified atom stereocenters. The molecule has 4 aliphatic rings. The highest BCUT2D eigenvalue weighted by Crippen LogP contribution is 2.40. The standard InChI is InChI=1S/C48H81NO10/c1-11-14-30(2)16-18-37-24-31(3)23-32(4)25-43(56-9)46-44(57-10)27-34(6)48(54,59-46)20-22-49-21-13-12-15-38(49)47(53)58-45(35(7)40(51)29-41(37)52)33(5)26-36-17-19-39(50)42(28-36)55-8/h16,24,26,31-32,34-36,38-40,42-46,50-51,54H,11-15,17-23,25,27-29H2,1-10H3/b30-16?,33-26?,37-24+. The van der Waals surface area contributed by atoms with Gasteiger partial charge in [-0.15, -0.1) is 0 Å². The molecule has 59 heavy (non-hydrogen) atoms. The van der Waals surface area contributed by atoms with E-state index in [4.69, 9.17) is 23.7 Å². The Morgan fingerprint density at radius 3 is 2.27 bits per heavy atom. The summed E-state index contributed by atoms with van der Waals surface area (Å²) in [5.41, 5.74) is 2.72. The lowest BCUT2D eigenvalue weighted by Crippen LogP contribution is -2.58. The van der Waals surface area contributed by atoms with Crippen LogP contribution in [0, 0.1) is 29.6 Å². The predicted molar refractivity (Wildman–Crippen MR) is 231 cm³/mol. The van der Waals surface area contributed by atoms with Crippen LogP contribution in [0.5, 0.6) is 0 Å². The third-order valence-electron chi connectivity index (χ3n) is 14.0. The Balaban J connectivity index is 1.74. The molecule has 14 atom stereocenters. The first-order valence-corrected chi connectivity index (χ1v) is 22.9. The zero-order chi connectivity index (χ0) is 43.4. The minimum absolute atomic E-state index is 0.0636. The molecule has 11 nitrogen and oxygen atoms in total. The lowest BCUT2D eigenvalue weighted by Gasteiger charge is -2.48. The van der Waals surface area contributed by atoms with Gasteiger partial charge in [0.25, 0.3) is 0 Å². The van der Waals surface area contributed by atoms with Gasteiger partial charge < -0.3 is 39.0 Å². The number of allylic oxidation sites excluding steroid dienone is 5. The first kappa shape index (κ1) is 49.7. The number of carbonyl (C=O) groups excluding carboxylic acids is 2. The van der Waals surface area contributed by atoms with Crippen molar-refractivity contribution in [2.24, 2.45) is 29.6 Å². The molecule has 0 aromatic heterocycles. The molecule has 338 valence electrons. The van der Waals surface area contributed by atoms with Gasteiger partial charge in [-0.3, -0.25) is 14.5 Å². The number of aliphatic hydroxyl groups is 3. The molecule has 4 rings (SSSR count). The van der Waals surface area contributed by atoms with Crippen LogP contribution in [0.2, 0.25) is 0 Å². The number of methoxy groups -OCH3 is 3. The Labute approximate surface area is 356 Å². The van der Waals surface area contributed by atoms with E-state index in [-0.39, 0.29) is 60.2 Å². The first-order chi connectivity index (χ1) is 28.0. The molecule has 11 heteroatoms. The fourth-order valence-corrected chi connectivity index (χ4v) is 10.3. The van der Waals surface area contributed by atoms with E-state index in [1.165, 1.54) is 5.57 Å². The predicted octanol–water partition coefficient (Wildman–Crippen LogP) is 7.49. The van der Waals surface area contributed by atoms with Crippen LogP contribution in [0.3, 0.4) is 0 Å². The molecule has 3 N–H and O–H groups in total. The summed E-state index contributed by atoms with van der Waals surface area (Å²) >= 11 is 0. The summed E-state index contributed by atoms with van der Waals surface area (Å²) in [7, 11) is 4.99.